The van der Waals surface area contributed by atoms with Crippen molar-refractivity contribution in [2.75, 3.05) is 39.4 Å². The minimum Gasteiger partial charge on any atom is -0.382 e. The van der Waals surface area contributed by atoms with Gasteiger partial charge >= 0.3 is 0 Å². The second kappa shape index (κ2) is 13.2. The van der Waals surface area contributed by atoms with Crippen molar-refractivity contribution < 1.29 is 13.9 Å². The van der Waals surface area contributed by atoms with Crippen LogP contribution in [0.1, 0.15) is 25.8 Å². The highest BCUT2D eigenvalue weighted by atomic mass is 19.1. The van der Waals surface area contributed by atoms with Gasteiger partial charge in [0.25, 0.3) is 0 Å². The highest BCUT2D eigenvalue weighted by Gasteiger charge is 2.04. The highest BCUT2D eigenvalue weighted by molar-refractivity contribution is 5.80. The number of ether oxygens (including phenoxy) is 1. The first kappa shape index (κ1) is 20.9. The molecule has 3 N–H and O–H groups in total. The largest absolute Gasteiger partial charge is 0.382 e. The van der Waals surface area contributed by atoms with Crippen LogP contribution in [0.15, 0.2) is 29.3 Å². The van der Waals surface area contributed by atoms with E-state index in [4.69, 9.17) is 4.74 Å². The summed E-state index contributed by atoms with van der Waals surface area (Å²) in [7, 11) is 0. The highest BCUT2D eigenvalue weighted by Crippen LogP contribution is 2.03. The van der Waals surface area contributed by atoms with E-state index in [0.29, 0.717) is 31.8 Å². The summed E-state index contributed by atoms with van der Waals surface area (Å²) in [5.74, 6) is 0.257. The SMILES string of the molecule is CCNC(=NCCCOCC)NCCNC(=O)Cc1cccc(F)c1. The molecular formula is C18H29FN4O2. The molecule has 0 radical (unpaired) electrons. The lowest BCUT2D eigenvalue weighted by Gasteiger charge is -2.12. The van der Waals surface area contributed by atoms with E-state index in [9.17, 15) is 9.18 Å². The van der Waals surface area contributed by atoms with Gasteiger partial charge in [0.15, 0.2) is 5.96 Å². The van der Waals surface area contributed by atoms with Gasteiger partial charge in [-0.1, -0.05) is 12.1 Å². The molecule has 140 valence electrons. The zero-order chi connectivity index (χ0) is 18.3. The number of aliphatic imine (C=N–C) groups is 1. The average Bonchev–Trinajstić information content (AvgIpc) is 2.58. The summed E-state index contributed by atoms with van der Waals surface area (Å²) >= 11 is 0. The Bertz CT molecular complexity index is 538. The Morgan fingerprint density at radius 1 is 1.20 bits per heavy atom. The van der Waals surface area contributed by atoms with E-state index >= 15 is 0 Å². The number of hydrogen-bond donors (Lipinski definition) is 3. The third kappa shape index (κ3) is 10.3. The molecule has 1 amide bonds. The van der Waals surface area contributed by atoms with Gasteiger partial charge in [-0.3, -0.25) is 9.79 Å². The van der Waals surface area contributed by atoms with E-state index in [0.717, 1.165) is 25.5 Å². The minimum absolute atomic E-state index is 0.133. The molecule has 1 rings (SSSR count). The predicted molar refractivity (Wildman–Crippen MR) is 98.2 cm³/mol. The molecular weight excluding hydrogens is 323 g/mol. The Kier molecular flexibility index (Phi) is 11.0. The molecule has 0 saturated carbocycles. The standard InChI is InChI=1S/C18H29FN4O2/c1-3-20-18(22-9-6-12-25-4-2)23-11-10-21-17(24)14-15-7-5-8-16(19)13-15/h5,7-8,13H,3-4,6,9-12,14H2,1-2H3,(H,21,24)(H2,20,22,23). The number of benzene rings is 1. The zero-order valence-corrected chi connectivity index (χ0v) is 15.1. The summed E-state index contributed by atoms with van der Waals surface area (Å²) in [5, 5.41) is 9.12. The molecule has 7 heteroatoms. The van der Waals surface area contributed by atoms with Crippen LogP contribution >= 0.6 is 0 Å². The second-order valence-electron chi connectivity index (χ2n) is 5.39. The molecule has 0 bridgehead atoms. The normalized spacial score (nSPS) is 11.2. The van der Waals surface area contributed by atoms with Crippen molar-refractivity contribution in [1.29, 1.82) is 0 Å². The van der Waals surface area contributed by atoms with Gasteiger partial charge in [-0.05, 0) is 38.0 Å². The number of nitrogens with one attached hydrogen (secondary N) is 3. The first-order valence-electron chi connectivity index (χ1n) is 8.76. The maximum absolute atomic E-state index is 13.1. The van der Waals surface area contributed by atoms with Gasteiger partial charge in [0, 0.05) is 39.4 Å². The Hall–Kier alpha value is -2.15. The summed E-state index contributed by atoms with van der Waals surface area (Å²) < 4.78 is 18.4. The van der Waals surface area contributed by atoms with Crippen molar-refractivity contribution in [3.63, 3.8) is 0 Å². The minimum atomic E-state index is -0.331. The molecule has 0 heterocycles. The number of guanidine groups is 1. The van der Waals surface area contributed by atoms with Crippen LogP contribution in [-0.4, -0.2) is 51.3 Å². The average molecular weight is 352 g/mol. The van der Waals surface area contributed by atoms with Crippen molar-refractivity contribution >= 4 is 11.9 Å². The molecule has 0 fully saturated rings. The number of hydrogen-bond acceptors (Lipinski definition) is 3. The van der Waals surface area contributed by atoms with Crippen LogP contribution in [0.3, 0.4) is 0 Å². The lowest BCUT2D eigenvalue weighted by Crippen LogP contribution is -2.41. The fourth-order valence-corrected chi connectivity index (χ4v) is 2.12. The van der Waals surface area contributed by atoms with E-state index in [-0.39, 0.29) is 18.1 Å². The van der Waals surface area contributed by atoms with Gasteiger partial charge in [-0.25, -0.2) is 4.39 Å². The maximum Gasteiger partial charge on any atom is 0.224 e. The molecule has 1 aromatic carbocycles. The maximum atomic E-state index is 13.1. The Morgan fingerprint density at radius 3 is 2.72 bits per heavy atom. The Morgan fingerprint density at radius 2 is 2.00 bits per heavy atom. The number of halogens is 1. The van der Waals surface area contributed by atoms with Crippen LogP contribution in [0.4, 0.5) is 4.39 Å². The van der Waals surface area contributed by atoms with Crippen LogP contribution in [0.25, 0.3) is 0 Å². The Labute approximate surface area is 149 Å². The van der Waals surface area contributed by atoms with Gasteiger partial charge in [0.1, 0.15) is 5.82 Å². The van der Waals surface area contributed by atoms with Gasteiger partial charge in [0.05, 0.1) is 6.42 Å². The van der Waals surface area contributed by atoms with Crippen molar-refractivity contribution in [3.05, 3.63) is 35.6 Å². The summed E-state index contributed by atoms with van der Waals surface area (Å²) in [6.07, 6.45) is 1.04. The molecule has 0 aliphatic carbocycles. The van der Waals surface area contributed by atoms with Crippen molar-refractivity contribution in [1.82, 2.24) is 16.0 Å². The second-order valence-corrected chi connectivity index (χ2v) is 5.39. The third-order valence-electron chi connectivity index (χ3n) is 3.26. The van der Waals surface area contributed by atoms with Crippen LogP contribution in [0.2, 0.25) is 0 Å². The lowest BCUT2D eigenvalue weighted by atomic mass is 10.1. The van der Waals surface area contributed by atoms with Crippen LogP contribution in [0, 0.1) is 5.82 Å². The number of carbonyl (C=O) groups is 1. The van der Waals surface area contributed by atoms with E-state index < -0.39 is 0 Å². The van der Waals surface area contributed by atoms with Gasteiger partial charge in [-0.2, -0.15) is 0 Å². The summed E-state index contributed by atoms with van der Waals surface area (Å²) in [6.45, 7) is 7.87. The topological polar surface area (TPSA) is 74.8 Å². The molecule has 0 atom stereocenters. The van der Waals surface area contributed by atoms with Crippen molar-refractivity contribution in [3.8, 4) is 0 Å². The number of amides is 1. The van der Waals surface area contributed by atoms with E-state index in [2.05, 4.69) is 20.9 Å². The number of nitrogens with zero attached hydrogens (tertiary/aromatic N) is 1. The molecule has 25 heavy (non-hydrogen) atoms. The zero-order valence-electron chi connectivity index (χ0n) is 15.1. The first-order chi connectivity index (χ1) is 12.2. The molecule has 0 aliphatic heterocycles. The predicted octanol–water partition coefficient (Wildman–Crippen LogP) is 1.47. The fourth-order valence-electron chi connectivity index (χ4n) is 2.12. The monoisotopic (exact) mass is 352 g/mol. The van der Waals surface area contributed by atoms with Gasteiger partial charge in [-0.15, -0.1) is 0 Å². The smallest absolute Gasteiger partial charge is 0.224 e. The molecule has 1 aromatic rings. The number of carbonyl (C=O) groups excluding carboxylic acids is 1. The molecule has 0 unspecified atom stereocenters. The molecule has 0 saturated heterocycles. The molecule has 6 nitrogen and oxygen atoms in total. The number of rotatable bonds is 11. The van der Waals surface area contributed by atoms with Gasteiger partial charge < -0.3 is 20.7 Å². The van der Waals surface area contributed by atoms with Crippen LogP contribution in [-0.2, 0) is 16.0 Å². The summed E-state index contributed by atoms with van der Waals surface area (Å²) in [6, 6.07) is 6.07. The Balaban J connectivity index is 2.23. The fraction of sp³-hybridized carbons (Fsp3) is 0.556. The molecule has 0 aliphatic rings. The summed E-state index contributed by atoms with van der Waals surface area (Å²) in [4.78, 5) is 16.3. The van der Waals surface area contributed by atoms with Gasteiger partial charge in [0.2, 0.25) is 5.91 Å². The van der Waals surface area contributed by atoms with Crippen molar-refractivity contribution in [2.45, 2.75) is 26.7 Å². The first-order valence-corrected chi connectivity index (χ1v) is 8.76. The van der Waals surface area contributed by atoms with Crippen molar-refractivity contribution in [2.24, 2.45) is 4.99 Å². The quantitative estimate of drug-likeness (QED) is 0.320. The summed E-state index contributed by atoms with van der Waals surface area (Å²) in [5.41, 5.74) is 0.662. The third-order valence-corrected chi connectivity index (χ3v) is 3.26. The van der Waals surface area contributed by atoms with Crippen LogP contribution < -0.4 is 16.0 Å². The van der Waals surface area contributed by atoms with E-state index in [1.165, 1.54) is 12.1 Å². The molecule has 0 spiro atoms. The molecule has 0 aromatic heterocycles. The van der Waals surface area contributed by atoms with E-state index in [1.807, 2.05) is 13.8 Å². The lowest BCUT2D eigenvalue weighted by molar-refractivity contribution is -0.120. The van der Waals surface area contributed by atoms with E-state index in [1.54, 1.807) is 12.1 Å². The van der Waals surface area contributed by atoms with Crippen LogP contribution in [0.5, 0.6) is 0 Å².